The van der Waals surface area contributed by atoms with Gasteiger partial charge in [-0.3, -0.25) is 9.59 Å². The third-order valence-corrected chi connectivity index (χ3v) is 3.97. The van der Waals surface area contributed by atoms with Gasteiger partial charge in [-0.15, -0.1) is 0 Å². The summed E-state index contributed by atoms with van der Waals surface area (Å²) in [6.07, 6.45) is 1.15. The van der Waals surface area contributed by atoms with Gasteiger partial charge in [0, 0.05) is 5.69 Å². The Labute approximate surface area is 165 Å². The monoisotopic (exact) mass is 433 g/mol. The molecule has 0 saturated heterocycles. The number of halogens is 1. The second kappa shape index (κ2) is 10.3. The van der Waals surface area contributed by atoms with Crippen molar-refractivity contribution in [2.45, 2.75) is 13.3 Å². The highest BCUT2D eigenvalue weighted by molar-refractivity contribution is 9.10. The molecule has 7 nitrogen and oxygen atoms in total. The summed E-state index contributed by atoms with van der Waals surface area (Å²) in [5.41, 5.74) is 3.68. The van der Waals surface area contributed by atoms with Gasteiger partial charge >= 0.3 is 0 Å². The van der Waals surface area contributed by atoms with E-state index in [0.29, 0.717) is 18.0 Å². The fraction of sp³-hybridized carbons (Fsp3) is 0.211. The largest absolute Gasteiger partial charge is 0.497 e. The number of hydrazone groups is 1. The quantitative estimate of drug-likeness (QED) is 0.379. The molecule has 2 aromatic carbocycles. The Bertz CT molecular complexity index is 822. The van der Waals surface area contributed by atoms with E-state index in [1.54, 1.807) is 37.4 Å². The van der Waals surface area contributed by atoms with Crippen molar-refractivity contribution in [1.29, 1.82) is 0 Å². The molecule has 0 radical (unpaired) electrons. The Morgan fingerprint density at radius 3 is 2.52 bits per heavy atom. The van der Waals surface area contributed by atoms with E-state index < -0.39 is 11.8 Å². The van der Waals surface area contributed by atoms with Crippen LogP contribution in [0.1, 0.15) is 18.9 Å². The van der Waals surface area contributed by atoms with Crippen molar-refractivity contribution in [3.63, 3.8) is 0 Å². The molecule has 0 aliphatic carbocycles. The molecule has 2 aromatic rings. The molecule has 0 unspecified atom stereocenters. The lowest BCUT2D eigenvalue weighted by molar-refractivity contribution is -0.126. The molecule has 27 heavy (non-hydrogen) atoms. The van der Waals surface area contributed by atoms with Gasteiger partial charge in [0.05, 0.1) is 24.4 Å². The fourth-order valence-electron chi connectivity index (χ4n) is 2.11. The van der Waals surface area contributed by atoms with E-state index in [-0.39, 0.29) is 6.42 Å². The van der Waals surface area contributed by atoms with Crippen molar-refractivity contribution in [1.82, 2.24) is 5.43 Å². The predicted molar refractivity (Wildman–Crippen MR) is 107 cm³/mol. The zero-order chi connectivity index (χ0) is 19.6. The molecule has 0 atom stereocenters. The number of anilines is 1. The maximum Gasteiger partial charge on any atom is 0.249 e. The minimum absolute atomic E-state index is 0.337. The van der Waals surface area contributed by atoms with Gasteiger partial charge in [-0.1, -0.05) is 0 Å². The predicted octanol–water partition coefficient (Wildman–Crippen LogP) is 3.34. The lowest BCUT2D eigenvalue weighted by atomic mass is 10.2. The molecule has 8 heteroatoms. The standard InChI is InChI=1S/C19H20BrN3O4/c1-3-27-17-9-4-13(10-16(17)20)12-21-23-19(25)11-18(24)22-14-5-7-15(26-2)8-6-14/h4-10,12H,3,11H2,1-2H3,(H,22,24)(H,23,25). The molecule has 0 fully saturated rings. The lowest BCUT2D eigenvalue weighted by Crippen LogP contribution is -2.24. The van der Waals surface area contributed by atoms with Crippen molar-refractivity contribution < 1.29 is 19.1 Å². The molecule has 0 saturated carbocycles. The van der Waals surface area contributed by atoms with Gasteiger partial charge in [-0.25, -0.2) is 5.43 Å². The maximum absolute atomic E-state index is 11.9. The maximum atomic E-state index is 11.9. The average Bonchev–Trinajstić information content (AvgIpc) is 2.64. The molecular formula is C19H20BrN3O4. The summed E-state index contributed by atoms with van der Waals surface area (Å²) in [7, 11) is 1.56. The summed E-state index contributed by atoms with van der Waals surface area (Å²) in [6, 6.07) is 12.2. The highest BCUT2D eigenvalue weighted by atomic mass is 79.9. The Morgan fingerprint density at radius 2 is 1.89 bits per heavy atom. The molecular weight excluding hydrogens is 414 g/mol. The van der Waals surface area contributed by atoms with Crippen LogP contribution in [0.4, 0.5) is 5.69 Å². The van der Waals surface area contributed by atoms with Gasteiger partial charge in [-0.05, 0) is 70.9 Å². The van der Waals surface area contributed by atoms with Crippen LogP contribution >= 0.6 is 15.9 Å². The Kier molecular flexibility index (Phi) is 7.81. The van der Waals surface area contributed by atoms with Crippen molar-refractivity contribution in [2.75, 3.05) is 19.0 Å². The van der Waals surface area contributed by atoms with E-state index in [9.17, 15) is 9.59 Å². The Hall–Kier alpha value is -2.87. The van der Waals surface area contributed by atoms with Crippen LogP contribution < -0.4 is 20.2 Å². The number of hydrogen-bond acceptors (Lipinski definition) is 5. The van der Waals surface area contributed by atoms with E-state index in [2.05, 4.69) is 31.8 Å². The van der Waals surface area contributed by atoms with Gasteiger partial charge in [0.15, 0.2) is 0 Å². The summed E-state index contributed by atoms with van der Waals surface area (Å²) >= 11 is 3.41. The van der Waals surface area contributed by atoms with E-state index in [4.69, 9.17) is 9.47 Å². The molecule has 2 N–H and O–H groups in total. The van der Waals surface area contributed by atoms with Crippen LogP contribution in [0.15, 0.2) is 52.0 Å². The van der Waals surface area contributed by atoms with E-state index >= 15 is 0 Å². The topological polar surface area (TPSA) is 89.0 Å². The number of carbonyl (C=O) groups excluding carboxylic acids is 2. The summed E-state index contributed by atoms with van der Waals surface area (Å²) in [6.45, 7) is 2.48. The van der Waals surface area contributed by atoms with Crippen LogP contribution in [0.25, 0.3) is 0 Å². The first-order valence-electron chi connectivity index (χ1n) is 8.20. The summed E-state index contributed by atoms with van der Waals surface area (Å²) in [5, 5.41) is 6.49. The lowest BCUT2D eigenvalue weighted by Gasteiger charge is -2.06. The van der Waals surface area contributed by atoms with Gasteiger partial charge in [0.25, 0.3) is 0 Å². The molecule has 0 heterocycles. The van der Waals surface area contributed by atoms with Crippen LogP contribution in [-0.4, -0.2) is 31.7 Å². The van der Waals surface area contributed by atoms with E-state index in [0.717, 1.165) is 15.8 Å². The number of benzene rings is 2. The van der Waals surface area contributed by atoms with Crippen molar-refractivity contribution in [2.24, 2.45) is 5.10 Å². The van der Waals surface area contributed by atoms with Crippen LogP contribution in [0.2, 0.25) is 0 Å². The molecule has 2 amide bonds. The molecule has 0 spiro atoms. The van der Waals surface area contributed by atoms with Crippen LogP contribution in [-0.2, 0) is 9.59 Å². The molecule has 0 aliphatic heterocycles. The molecule has 0 bridgehead atoms. The molecule has 142 valence electrons. The number of nitrogens with zero attached hydrogens (tertiary/aromatic N) is 1. The number of methoxy groups -OCH3 is 1. The summed E-state index contributed by atoms with van der Waals surface area (Å²) in [5.74, 6) is 0.467. The first-order chi connectivity index (χ1) is 13.0. The van der Waals surface area contributed by atoms with Crippen LogP contribution in [0, 0.1) is 0 Å². The number of hydrogen-bond donors (Lipinski definition) is 2. The van der Waals surface area contributed by atoms with E-state index in [1.807, 2.05) is 19.1 Å². The fourth-order valence-corrected chi connectivity index (χ4v) is 2.62. The Morgan fingerprint density at radius 1 is 1.15 bits per heavy atom. The molecule has 0 aromatic heterocycles. The normalized spacial score (nSPS) is 10.5. The van der Waals surface area contributed by atoms with Gasteiger partial charge in [0.1, 0.15) is 17.9 Å². The third-order valence-electron chi connectivity index (χ3n) is 3.35. The van der Waals surface area contributed by atoms with Crippen molar-refractivity contribution in [3.8, 4) is 11.5 Å². The number of nitrogens with one attached hydrogen (secondary N) is 2. The highest BCUT2D eigenvalue weighted by Gasteiger charge is 2.09. The number of carbonyl (C=O) groups is 2. The number of rotatable bonds is 8. The average molecular weight is 434 g/mol. The minimum atomic E-state index is -0.512. The smallest absolute Gasteiger partial charge is 0.249 e. The van der Waals surface area contributed by atoms with E-state index in [1.165, 1.54) is 6.21 Å². The first-order valence-corrected chi connectivity index (χ1v) is 8.99. The zero-order valence-electron chi connectivity index (χ0n) is 15.0. The minimum Gasteiger partial charge on any atom is -0.497 e. The van der Waals surface area contributed by atoms with Gasteiger partial charge in [-0.2, -0.15) is 5.10 Å². The van der Waals surface area contributed by atoms with Crippen LogP contribution in [0.5, 0.6) is 11.5 Å². The number of ether oxygens (including phenoxy) is 2. The van der Waals surface area contributed by atoms with Gasteiger partial charge in [0.2, 0.25) is 11.8 Å². The van der Waals surface area contributed by atoms with Gasteiger partial charge < -0.3 is 14.8 Å². The second-order valence-electron chi connectivity index (χ2n) is 5.37. The number of amides is 2. The SMILES string of the molecule is CCOc1ccc(C=NNC(=O)CC(=O)Nc2ccc(OC)cc2)cc1Br. The third kappa shape index (κ3) is 6.74. The van der Waals surface area contributed by atoms with Crippen molar-refractivity contribution >= 4 is 39.6 Å². The summed E-state index contributed by atoms with van der Waals surface area (Å²) in [4.78, 5) is 23.7. The first kappa shape index (κ1) is 20.4. The van der Waals surface area contributed by atoms with Crippen molar-refractivity contribution in [3.05, 3.63) is 52.5 Å². The summed E-state index contributed by atoms with van der Waals surface area (Å²) < 4.78 is 11.3. The Balaban J connectivity index is 1.81. The molecule has 0 aliphatic rings. The van der Waals surface area contributed by atoms with Crippen LogP contribution in [0.3, 0.4) is 0 Å². The highest BCUT2D eigenvalue weighted by Crippen LogP contribution is 2.25. The second-order valence-corrected chi connectivity index (χ2v) is 6.22. The zero-order valence-corrected chi connectivity index (χ0v) is 16.6. The molecule has 2 rings (SSSR count).